The molecule has 6 rings (SSSR count). The van der Waals surface area contributed by atoms with Crippen LogP contribution in [0.3, 0.4) is 0 Å². The number of fused-ring (bicyclic) bond motifs is 2. The van der Waals surface area contributed by atoms with Crippen LogP contribution in [0, 0.1) is 5.92 Å². The largest absolute Gasteiger partial charge is 0.387 e. The maximum absolute atomic E-state index is 13.4. The van der Waals surface area contributed by atoms with Crippen LogP contribution in [-0.4, -0.2) is 33.0 Å². The van der Waals surface area contributed by atoms with Gasteiger partial charge in [0.05, 0.1) is 16.5 Å². The van der Waals surface area contributed by atoms with Gasteiger partial charge in [0.2, 0.25) is 0 Å². The van der Waals surface area contributed by atoms with Gasteiger partial charge < -0.3 is 15.4 Å². The van der Waals surface area contributed by atoms with Gasteiger partial charge in [-0.25, -0.2) is 8.42 Å². The van der Waals surface area contributed by atoms with E-state index >= 15 is 0 Å². The highest BCUT2D eigenvalue weighted by Crippen LogP contribution is 2.54. The molecule has 3 N–H and O–H groups in total. The Balaban J connectivity index is 1.41. The third-order valence-electron chi connectivity index (χ3n) is 8.60. The number of rotatable bonds is 3. The fourth-order valence-electron chi connectivity index (χ4n) is 6.66. The molecule has 2 saturated carbocycles. The van der Waals surface area contributed by atoms with Gasteiger partial charge in [-0.15, -0.1) is 0 Å². The number of aromatic nitrogens is 3. The molecule has 0 radical (unpaired) electrons. The molecular formula is C26H32N4O4S. The summed E-state index contributed by atoms with van der Waals surface area (Å²) in [5.41, 5.74) is 1.62. The van der Waals surface area contributed by atoms with Crippen LogP contribution in [0.25, 0.3) is 10.9 Å². The first kappa shape index (κ1) is 22.8. The van der Waals surface area contributed by atoms with Crippen LogP contribution in [0.1, 0.15) is 82.4 Å². The molecular weight excluding hydrogens is 464 g/mol. The molecule has 35 heavy (non-hydrogen) atoms. The van der Waals surface area contributed by atoms with Gasteiger partial charge in [-0.05, 0) is 55.9 Å². The highest BCUT2D eigenvalue weighted by molar-refractivity contribution is 7.93. The second-order valence-electron chi connectivity index (χ2n) is 10.6. The van der Waals surface area contributed by atoms with Gasteiger partial charge in [0.25, 0.3) is 5.56 Å². The van der Waals surface area contributed by atoms with E-state index in [1.165, 1.54) is 6.42 Å². The quantitative estimate of drug-likeness (QED) is 0.482. The summed E-state index contributed by atoms with van der Waals surface area (Å²) in [4.78, 5) is 15.8. The molecule has 186 valence electrons. The molecule has 0 saturated heterocycles. The zero-order chi connectivity index (χ0) is 24.4. The van der Waals surface area contributed by atoms with Crippen LogP contribution in [0.5, 0.6) is 0 Å². The predicted molar refractivity (Wildman–Crippen MR) is 135 cm³/mol. The van der Waals surface area contributed by atoms with Crippen molar-refractivity contribution in [1.82, 2.24) is 14.8 Å². The van der Waals surface area contributed by atoms with E-state index in [0.717, 1.165) is 44.0 Å². The van der Waals surface area contributed by atoms with Crippen LogP contribution >= 0.6 is 0 Å². The van der Waals surface area contributed by atoms with Gasteiger partial charge in [-0.3, -0.25) is 9.48 Å². The van der Waals surface area contributed by atoms with Crippen LogP contribution in [-0.2, 0) is 9.84 Å². The number of H-pyrrole nitrogens is 1. The molecule has 9 heteroatoms. The highest BCUT2D eigenvalue weighted by Gasteiger charge is 2.57. The Hall–Kier alpha value is -2.65. The number of aromatic amines is 1. The van der Waals surface area contributed by atoms with E-state index in [9.17, 15) is 18.3 Å². The van der Waals surface area contributed by atoms with E-state index in [4.69, 9.17) is 5.10 Å². The molecule has 8 nitrogen and oxygen atoms in total. The van der Waals surface area contributed by atoms with E-state index in [1.54, 1.807) is 24.4 Å². The monoisotopic (exact) mass is 496 g/mol. The second-order valence-corrected chi connectivity index (χ2v) is 12.9. The lowest BCUT2D eigenvalue weighted by Crippen LogP contribution is -2.41. The molecule has 0 amide bonds. The molecule has 1 aliphatic heterocycles. The minimum absolute atomic E-state index is 0.218. The van der Waals surface area contributed by atoms with Crippen LogP contribution in [0.4, 0.5) is 11.5 Å². The van der Waals surface area contributed by atoms with Crippen molar-refractivity contribution in [1.29, 1.82) is 0 Å². The fraction of sp³-hybridized carbons (Fsp3) is 0.538. The summed E-state index contributed by atoms with van der Waals surface area (Å²) in [5.74, 6) is 0.910. The Labute approximate surface area is 204 Å². The standard InChI is InChI=1S/C26H32N4O4S/c1-16-7-3-4-8-19(16)30-20-11-14-27-25(32)22(20)24(29-30)28-17-9-10-21-18(15-17)23(31)26(35(21,33)34)12-5-2-6-13-26/h9-11,14-16,19,23,31H,2-8,12-13H2,1H3,(H,27,32)(H,28,29)/t16-,19-,23?/m0/s1. The third-order valence-corrected chi connectivity index (χ3v) is 11.3. The normalized spacial score (nSPS) is 27.2. The maximum Gasteiger partial charge on any atom is 0.261 e. The Kier molecular flexibility index (Phi) is 5.34. The van der Waals surface area contributed by atoms with Crippen LogP contribution in [0.2, 0.25) is 0 Å². The van der Waals surface area contributed by atoms with Crippen molar-refractivity contribution >= 4 is 32.2 Å². The number of hydrogen-bond acceptors (Lipinski definition) is 6. The van der Waals surface area contributed by atoms with Crippen LogP contribution < -0.4 is 10.9 Å². The molecule has 1 unspecified atom stereocenters. The molecule has 2 aliphatic carbocycles. The van der Waals surface area contributed by atoms with Crippen LogP contribution in [0.15, 0.2) is 40.2 Å². The average molecular weight is 497 g/mol. The molecule has 0 bridgehead atoms. The predicted octanol–water partition coefficient (Wildman–Crippen LogP) is 4.74. The topological polar surface area (TPSA) is 117 Å². The van der Waals surface area contributed by atoms with E-state index in [0.29, 0.717) is 41.2 Å². The lowest BCUT2D eigenvalue weighted by atomic mass is 9.82. The van der Waals surface area contributed by atoms with Crippen molar-refractivity contribution in [2.24, 2.45) is 5.92 Å². The molecule has 1 spiro atoms. The average Bonchev–Trinajstić information content (AvgIpc) is 3.29. The highest BCUT2D eigenvalue weighted by atomic mass is 32.2. The minimum Gasteiger partial charge on any atom is -0.387 e. The summed E-state index contributed by atoms with van der Waals surface area (Å²) >= 11 is 0. The first-order chi connectivity index (χ1) is 16.8. The smallest absolute Gasteiger partial charge is 0.261 e. The SMILES string of the molecule is C[C@H]1CCCC[C@@H]1n1nc(Nc2ccc3c(c2)C(O)C2(CCCCC2)S3(=O)=O)c2c(=O)[nH]ccc21. The van der Waals surface area contributed by atoms with Gasteiger partial charge in [-0.1, -0.05) is 39.0 Å². The molecule has 2 fully saturated rings. The van der Waals surface area contributed by atoms with Gasteiger partial charge in [-0.2, -0.15) is 5.10 Å². The Morgan fingerprint density at radius 3 is 2.66 bits per heavy atom. The summed E-state index contributed by atoms with van der Waals surface area (Å²) in [7, 11) is -3.62. The van der Waals surface area contributed by atoms with E-state index < -0.39 is 20.7 Å². The number of nitrogens with one attached hydrogen (secondary N) is 2. The first-order valence-electron chi connectivity index (χ1n) is 12.8. The Morgan fingerprint density at radius 2 is 1.89 bits per heavy atom. The zero-order valence-electron chi connectivity index (χ0n) is 20.0. The van der Waals surface area contributed by atoms with Gasteiger partial charge in [0.1, 0.15) is 16.2 Å². The third kappa shape index (κ3) is 3.31. The number of sulfone groups is 1. The second kappa shape index (κ2) is 8.20. The summed E-state index contributed by atoms with van der Waals surface area (Å²) in [5, 5.41) is 19.8. The Morgan fingerprint density at radius 1 is 1.11 bits per heavy atom. The van der Waals surface area contributed by atoms with Crippen molar-refractivity contribution in [3.05, 3.63) is 46.4 Å². The summed E-state index contributed by atoms with van der Waals surface area (Å²) in [6.45, 7) is 2.24. The minimum atomic E-state index is -3.62. The fourth-order valence-corrected chi connectivity index (χ4v) is 9.08. The molecule has 2 aromatic heterocycles. The number of aliphatic hydroxyl groups is 1. The lowest BCUT2D eigenvalue weighted by Gasteiger charge is -2.35. The van der Waals surface area contributed by atoms with Gasteiger partial charge in [0, 0.05) is 17.4 Å². The first-order valence-corrected chi connectivity index (χ1v) is 14.3. The van der Waals surface area contributed by atoms with Gasteiger partial charge in [0.15, 0.2) is 15.7 Å². The Bertz CT molecular complexity index is 1450. The number of benzene rings is 1. The number of aliphatic hydroxyl groups excluding tert-OH is 1. The van der Waals surface area contributed by atoms with E-state index in [2.05, 4.69) is 17.2 Å². The number of hydrogen-bond donors (Lipinski definition) is 3. The van der Waals surface area contributed by atoms with Gasteiger partial charge >= 0.3 is 0 Å². The molecule has 3 heterocycles. The molecule has 3 aliphatic rings. The molecule has 3 atom stereocenters. The molecule has 1 aromatic carbocycles. The zero-order valence-corrected chi connectivity index (χ0v) is 20.8. The lowest BCUT2D eigenvalue weighted by molar-refractivity contribution is 0.107. The number of nitrogens with zero attached hydrogens (tertiary/aromatic N) is 2. The van der Waals surface area contributed by atoms with Crippen molar-refractivity contribution < 1.29 is 13.5 Å². The summed E-state index contributed by atoms with van der Waals surface area (Å²) < 4.78 is 27.7. The maximum atomic E-state index is 13.4. The van der Waals surface area contributed by atoms with E-state index in [1.807, 2.05) is 10.7 Å². The van der Waals surface area contributed by atoms with Crippen molar-refractivity contribution in [2.45, 2.75) is 86.5 Å². The van der Waals surface area contributed by atoms with Crippen molar-refractivity contribution in [2.75, 3.05) is 5.32 Å². The summed E-state index contributed by atoms with van der Waals surface area (Å²) in [6.07, 6.45) is 8.69. The number of pyridine rings is 1. The van der Waals surface area contributed by atoms with E-state index in [-0.39, 0.29) is 16.5 Å². The summed E-state index contributed by atoms with van der Waals surface area (Å²) in [6, 6.07) is 7.12. The van der Waals surface area contributed by atoms with Crippen molar-refractivity contribution in [3.63, 3.8) is 0 Å². The molecule has 3 aromatic rings. The van der Waals surface area contributed by atoms with Crippen molar-refractivity contribution in [3.8, 4) is 0 Å². The number of anilines is 2.